The molecule has 0 aliphatic carbocycles. The Hall–Kier alpha value is -3.36. The number of anilines is 1. The fourth-order valence-electron chi connectivity index (χ4n) is 4.12. The molecule has 0 aromatic heterocycles. The Morgan fingerprint density at radius 1 is 0.946 bits per heavy atom. The fourth-order valence-corrected chi connectivity index (χ4v) is 4.12. The lowest BCUT2D eigenvalue weighted by molar-refractivity contribution is -0.125. The number of hydrazine groups is 1. The van der Waals surface area contributed by atoms with Gasteiger partial charge >= 0.3 is 0 Å². The lowest BCUT2D eigenvalue weighted by Crippen LogP contribution is -2.40. The third kappa shape index (κ3) is 7.81. The molecule has 0 saturated carbocycles. The molecular formula is C29H44N6O2. The molecule has 0 spiro atoms. The SMILES string of the molecule is CC.CC(C)NCCNC(=O)CCC(=O)N1Cc2ccccc2/C(N)=C(/N(N)C(C)C)c2ccccc21. The van der Waals surface area contributed by atoms with Gasteiger partial charge in [0.15, 0.2) is 0 Å². The third-order valence-electron chi connectivity index (χ3n) is 6.02. The fraction of sp³-hybridized carbons (Fsp3) is 0.448. The van der Waals surface area contributed by atoms with Gasteiger partial charge in [0.2, 0.25) is 11.8 Å². The normalized spacial score (nSPS) is 14.7. The molecule has 2 amide bonds. The summed E-state index contributed by atoms with van der Waals surface area (Å²) in [5, 5.41) is 7.78. The minimum absolute atomic E-state index is 0.0128. The van der Waals surface area contributed by atoms with E-state index in [2.05, 4.69) is 24.5 Å². The number of rotatable bonds is 9. The minimum Gasteiger partial charge on any atom is -0.396 e. The van der Waals surface area contributed by atoms with Crippen LogP contribution < -0.4 is 27.1 Å². The summed E-state index contributed by atoms with van der Waals surface area (Å²) in [5.74, 6) is 6.24. The van der Waals surface area contributed by atoms with Crippen molar-refractivity contribution in [2.24, 2.45) is 11.6 Å². The third-order valence-corrected chi connectivity index (χ3v) is 6.02. The molecule has 202 valence electrons. The van der Waals surface area contributed by atoms with Crippen molar-refractivity contribution in [3.8, 4) is 0 Å². The maximum absolute atomic E-state index is 13.5. The van der Waals surface area contributed by atoms with Crippen LogP contribution in [-0.2, 0) is 16.1 Å². The van der Waals surface area contributed by atoms with Gasteiger partial charge in [-0.25, -0.2) is 5.84 Å². The Morgan fingerprint density at radius 3 is 2.22 bits per heavy atom. The average molecular weight is 509 g/mol. The van der Waals surface area contributed by atoms with Crippen LogP contribution >= 0.6 is 0 Å². The zero-order valence-corrected chi connectivity index (χ0v) is 23.2. The Kier molecular flexibility index (Phi) is 11.6. The van der Waals surface area contributed by atoms with E-state index in [9.17, 15) is 9.59 Å². The van der Waals surface area contributed by atoms with Crippen LogP contribution in [0.15, 0.2) is 48.5 Å². The first-order valence-corrected chi connectivity index (χ1v) is 13.2. The van der Waals surface area contributed by atoms with Crippen molar-refractivity contribution in [2.75, 3.05) is 18.0 Å². The van der Waals surface area contributed by atoms with Crippen molar-refractivity contribution in [2.45, 2.75) is 73.0 Å². The molecule has 0 atom stereocenters. The monoisotopic (exact) mass is 508 g/mol. The predicted octanol–water partition coefficient (Wildman–Crippen LogP) is 3.82. The molecule has 3 rings (SSSR count). The highest BCUT2D eigenvalue weighted by Crippen LogP contribution is 2.37. The zero-order chi connectivity index (χ0) is 27.5. The first kappa shape index (κ1) is 29.9. The summed E-state index contributed by atoms with van der Waals surface area (Å²) in [6, 6.07) is 15.8. The average Bonchev–Trinajstić information content (AvgIpc) is 2.89. The van der Waals surface area contributed by atoms with Gasteiger partial charge in [-0.15, -0.1) is 0 Å². The van der Waals surface area contributed by atoms with Crippen molar-refractivity contribution in [3.63, 3.8) is 0 Å². The largest absolute Gasteiger partial charge is 0.396 e. The molecule has 8 nitrogen and oxygen atoms in total. The molecule has 8 heteroatoms. The van der Waals surface area contributed by atoms with E-state index in [4.69, 9.17) is 11.6 Å². The molecule has 0 unspecified atom stereocenters. The van der Waals surface area contributed by atoms with E-state index in [-0.39, 0.29) is 30.7 Å². The van der Waals surface area contributed by atoms with E-state index in [1.807, 2.05) is 76.2 Å². The molecule has 0 fully saturated rings. The van der Waals surface area contributed by atoms with Crippen LogP contribution in [-0.4, -0.2) is 42.0 Å². The summed E-state index contributed by atoms with van der Waals surface area (Å²) in [5.41, 5.74) is 11.2. The van der Waals surface area contributed by atoms with Crippen LogP contribution in [0.1, 0.15) is 71.1 Å². The van der Waals surface area contributed by atoms with Gasteiger partial charge in [-0.2, -0.15) is 0 Å². The molecule has 1 aliphatic rings. The van der Waals surface area contributed by atoms with Crippen LogP contribution in [0, 0.1) is 0 Å². The molecule has 0 saturated heterocycles. The topological polar surface area (TPSA) is 117 Å². The number of carbonyl (C=O) groups excluding carboxylic acids is 2. The number of hydrogen-bond donors (Lipinski definition) is 4. The molecule has 0 bridgehead atoms. The van der Waals surface area contributed by atoms with E-state index in [0.29, 0.717) is 37.1 Å². The van der Waals surface area contributed by atoms with Crippen molar-refractivity contribution >= 4 is 28.9 Å². The first-order valence-electron chi connectivity index (χ1n) is 13.2. The van der Waals surface area contributed by atoms with E-state index < -0.39 is 0 Å². The van der Waals surface area contributed by atoms with Gasteiger partial charge in [0, 0.05) is 49.1 Å². The number of fused-ring (bicyclic) bond motifs is 2. The number of para-hydroxylation sites is 1. The maximum atomic E-state index is 13.5. The summed E-state index contributed by atoms with van der Waals surface area (Å²) in [6.45, 7) is 13.7. The van der Waals surface area contributed by atoms with Crippen LogP contribution in [0.3, 0.4) is 0 Å². The molecule has 2 aromatic carbocycles. The lowest BCUT2D eigenvalue weighted by atomic mass is 9.95. The van der Waals surface area contributed by atoms with Gasteiger partial charge < -0.3 is 26.3 Å². The van der Waals surface area contributed by atoms with Crippen molar-refractivity contribution in [1.82, 2.24) is 15.6 Å². The molecule has 0 radical (unpaired) electrons. The summed E-state index contributed by atoms with van der Waals surface area (Å²) in [7, 11) is 0. The van der Waals surface area contributed by atoms with E-state index >= 15 is 0 Å². The molecule has 1 aliphatic heterocycles. The lowest BCUT2D eigenvalue weighted by Gasteiger charge is -2.34. The van der Waals surface area contributed by atoms with Crippen molar-refractivity contribution in [3.05, 3.63) is 65.2 Å². The number of nitrogens with one attached hydrogen (secondary N) is 2. The highest BCUT2D eigenvalue weighted by molar-refractivity contribution is 6.01. The molecule has 1 heterocycles. The summed E-state index contributed by atoms with van der Waals surface area (Å²) >= 11 is 0. The molecule has 2 aromatic rings. The smallest absolute Gasteiger partial charge is 0.227 e. The Bertz CT molecular complexity index is 1080. The van der Waals surface area contributed by atoms with Gasteiger partial charge in [0.1, 0.15) is 0 Å². The number of benzene rings is 2. The molecule has 37 heavy (non-hydrogen) atoms. The van der Waals surface area contributed by atoms with Gasteiger partial charge in [0.05, 0.1) is 23.6 Å². The number of carbonyl (C=O) groups is 2. The van der Waals surface area contributed by atoms with E-state index in [0.717, 1.165) is 22.4 Å². The Labute approximate surface area is 222 Å². The zero-order valence-electron chi connectivity index (χ0n) is 23.2. The number of nitrogens with two attached hydrogens (primary N) is 2. The van der Waals surface area contributed by atoms with E-state index in [1.165, 1.54) is 0 Å². The number of amides is 2. The molecular weight excluding hydrogens is 464 g/mol. The summed E-state index contributed by atoms with van der Waals surface area (Å²) in [4.78, 5) is 27.6. The van der Waals surface area contributed by atoms with Crippen LogP contribution in [0.25, 0.3) is 11.4 Å². The predicted molar refractivity (Wildman–Crippen MR) is 153 cm³/mol. The van der Waals surface area contributed by atoms with Gasteiger partial charge in [-0.1, -0.05) is 70.2 Å². The highest BCUT2D eigenvalue weighted by Gasteiger charge is 2.28. The second kappa shape index (κ2) is 14.4. The summed E-state index contributed by atoms with van der Waals surface area (Å²) in [6.07, 6.45) is 0.228. The van der Waals surface area contributed by atoms with Crippen LogP contribution in [0.4, 0.5) is 5.69 Å². The van der Waals surface area contributed by atoms with Gasteiger partial charge in [-0.05, 0) is 25.5 Å². The Morgan fingerprint density at radius 2 is 1.57 bits per heavy atom. The standard InChI is InChI=1S/C27H38N6O2.C2H6/c1-18(2)30-15-16-31-24(34)13-14-25(35)32-17-20-9-5-6-10-21(20)26(28)27(33(29)19(3)4)22-11-7-8-12-23(22)32;1-2/h5-12,18-19,30H,13-17,28-29H2,1-4H3,(H,31,34);1-2H3/b27-26-;. The van der Waals surface area contributed by atoms with Crippen LogP contribution in [0.5, 0.6) is 0 Å². The second-order valence-corrected chi connectivity index (χ2v) is 9.38. The maximum Gasteiger partial charge on any atom is 0.227 e. The van der Waals surface area contributed by atoms with Gasteiger partial charge in [0.25, 0.3) is 0 Å². The Balaban J connectivity index is 0.00000235. The van der Waals surface area contributed by atoms with E-state index in [1.54, 1.807) is 9.91 Å². The van der Waals surface area contributed by atoms with Crippen LogP contribution in [0.2, 0.25) is 0 Å². The van der Waals surface area contributed by atoms with Gasteiger partial charge in [-0.3, -0.25) is 9.59 Å². The first-order chi connectivity index (χ1) is 17.7. The van der Waals surface area contributed by atoms with Crippen molar-refractivity contribution < 1.29 is 9.59 Å². The number of nitrogens with zero attached hydrogens (tertiary/aromatic N) is 2. The van der Waals surface area contributed by atoms with Crippen molar-refractivity contribution in [1.29, 1.82) is 0 Å². The quantitative estimate of drug-likeness (QED) is 0.232. The molecule has 6 N–H and O–H groups in total. The highest BCUT2D eigenvalue weighted by atomic mass is 16.2. The summed E-state index contributed by atoms with van der Waals surface area (Å²) < 4.78 is 0. The second-order valence-electron chi connectivity index (χ2n) is 9.38. The number of hydrogen-bond acceptors (Lipinski definition) is 6. The minimum atomic E-state index is -0.137.